The van der Waals surface area contributed by atoms with Crippen molar-refractivity contribution in [2.75, 3.05) is 0 Å². The first-order valence-corrected chi connectivity index (χ1v) is 25.9. The van der Waals surface area contributed by atoms with Gasteiger partial charge in [-0.3, -0.25) is 0 Å². The molecule has 8 heteroatoms. The standard InChI is InChI=1S/C50H28S8/c1-5-43(51-17-1)47-13-9-39(55-47)35-23-31-27-21-29-30(22-28(27)32(31)24-36(35)40-10-14-48(56-40)44-6-2-18-52-44)34-26-38(42-12-16-50(58-42)46-8-4-20-54-46)37(25-33(29)34)41-11-15-49(57-41)45-7-3-19-53-45/h1-15,17-26,50H,16H2. The summed E-state index contributed by atoms with van der Waals surface area (Å²) in [6.07, 6.45) is 3.57. The Bertz CT molecular complexity index is 3440. The van der Waals surface area contributed by atoms with Crippen molar-refractivity contribution < 1.29 is 0 Å². The van der Waals surface area contributed by atoms with Gasteiger partial charge in [-0.1, -0.05) is 30.3 Å². The van der Waals surface area contributed by atoms with Crippen LogP contribution in [-0.4, -0.2) is 0 Å². The van der Waals surface area contributed by atoms with Crippen LogP contribution in [0.5, 0.6) is 0 Å². The Balaban J connectivity index is 0.972. The monoisotopic (exact) mass is 884 g/mol. The smallest absolute Gasteiger partial charge is 0.0473 e. The lowest BCUT2D eigenvalue weighted by Gasteiger charge is -2.22. The molecule has 0 saturated heterocycles. The third-order valence-corrected chi connectivity index (χ3v) is 20.5. The molecule has 0 spiro atoms. The number of fused-ring (bicyclic) bond motifs is 8. The van der Waals surface area contributed by atoms with Crippen LogP contribution >= 0.6 is 91.1 Å². The highest BCUT2D eigenvalue weighted by atomic mass is 32.2. The van der Waals surface area contributed by atoms with E-state index in [9.17, 15) is 0 Å². The zero-order valence-electron chi connectivity index (χ0n) is 30.5. The summed E-state index contributed by atoms with van der Waals surface area (Å²) in [5.41, 5.74) is 5.39. The molecular weight excluding hydrogens is 857 g/mol. The SMILES string of the molecule is C1=C(c2cc3c(cc2-c2ccc(-c4cccs4)s2)c2cc4c5cc(-c6ccc(-c7cccs7)s6)c(-c6ccc(-c7cccs7)s6)cc5c4cc32)SC(c2cccs2)C1. The maximum atomic E-state index is 2.52. The van der Waals surface area contributed by atoms with Gasteiger partial charge in [-0.2, -0.15) is 0 Å². The molecule has 1 aliphatic heterocycles. The third kappa shape index (κ3) is 5.47. The molecule has 0 saturated carbocycles. The number of benzene rings is 3. The molecule has 0 aliphatic carbocycles. The van der Waals surface area contributed by atoms with Crippen LogP contribution in [0.2, 0.25) is 0 Å². The molecule has 1 unspecified atom stereocenters. The van der Waals surface area contributed by atoms with Crippen LogP contribution in [0.15, 0.2) is 149 Å². The number of thiophene rings is 7. The minimum Gasteiger partial charge on any atom is -0.148 e. The van der Waals surface area contributed by atoms with Crippen LogP contribution in [0.4, 0.5) is 0 Å². The average Bonchev–Trinajstić information content (AvgIpc) is 4.09. The first-order chi connectivity index (χ1) is 28.7. The summed E-state index contributed by atoms with van der Waals surface area (Å²) >= 11 is 15.1. The molecule has 0 radical (unpaired) electrons. The highest BCUT2D eigenvalue weighted by molar-refractivity contribution is 8.08. The Morgan fingerprint density at radius 1 is 0.345 bits per heavy atom. The minimum atomic E-state index is 0.489. The summed E-state index contributed by atoms with van der Waals surface area (Å²) in [6.45, 7) is 0. The number of hydrogen-bond acceptors (Lipinski definition) is 8. The molecule has 0 amide bonds. The first-order valence-electron chi connectivity index (χ1n) is 19.1. The van der Waals surface area contributed by atoms with Crippen molar-refractivity contribution in [2.24, 2.45) is 0 Å². The molecule has 13 rings (SSSR count). The number of thioether (sulfide) groups is 1. The fraction of sp³-hybridized carbons (Fsp3) is 0.0400. The van der Waals surface area contributed by atoms with E-state index in [1.165, 1.54) is 119 Å². The second kappa shape index (κ2) is 13.6. The first kappa shape index (κ1) is 34.5. The minimum absolute atomic E-state index is 0.489. The van der Waals surface area contributed by atoms with Crippen LogP contribution in [0.25, 0.3) is 109 Å². The molecule has 0 N–H and O–H groups in total. The molecule has 0 bridgehead atoms. The zero-order valence-corrected chi connectivity index (χ0v) is 37.0. The maximum absolute atomic E-state index is 2.52. The molecule has 1 aliphatic rings. The van der Waals surface area contributed by atoms with E-state index in [4.69, 9.17) is 0 Å². The van der Waals surface area contributed by atoms with Gasteiger partial charge in [0.15, 0.2) is 0 Å². The summed E-state index contributed by atoms with van der Waals surface area (Å²) in [7, 11) is 0. The van der Waals surface area contributed by atoms with E-state index in [0.717, 1.165) is 6.42 Å². The molecule has 276 valence electrons. The fourth-order valence-corrected chi connectivity index (χ4v) is 16.5. The van der Waals surface area contributed by atoms with Gasteiger partial charge in [0, 0.05) is 75.6 Å². The Morgan fingerprint density at radius 3 is 1.14 bits per heavy atom. The molecule has 5 aromatic carbocycles. The van der Waals surface area contributed by atoms with E-state index in [0.29, 0.717) is 5.25 Å². The van der Waals surface area contributed by atoms with Crippen molar-refractivity contribution in [3.63, 3.8) is 0 Å². The van der Waals surface area contributed by atoms with Gasteiger partial charge < -0.3 is 0 Å². The summed E-state index contributed by atoms with van der Waals surface area (Å²) in [6, 6.07) is 46.6. The van der Waals surface area contributed by atoms with Crippen molar-refractivity contribution in [3.8, 4) is 60.6 Å². The van der Waals surface area contributed by atoms with E-state index in [1.54, 1.807) is 0 Å². The lowest BCUT2D eigenvalue weighted by atomic mass is 9.83. The van der Waals surface area contributed by atoms with Gasteiger partial charge in [0.25, 0.3) is 0 Å². The van der Waals surface area contributed by atoms with Gasteiger partial charge in [-0.15, -0.1) is 91.1 Å². The Labute approximate surface area is 367 Å². The maximum Gasteiger partial charge on any atom is 0.0473 e. The second-order valence-electron chi connectivity index (χ2n) is 14.7. The van der Waals surface area contributed by atoms with Crippen molar-refractivity contribution >= 4 is 139 Å². The van der Waals surface area contributed by atoms with Crippen molar-refractivity contribution in [2.45, 2.75) is 11.7 Å². The molecular formula is C50H28S8. The van der Waals surface area contributed by atoms with Crippen LogP contribution in [0.1, 0.15) is 22.1 Å². The zero-order chi connectivity index (χ0) is 37.9. The van der Waals surface area contributed by atoms with Gasteiger partial charge in [0.05, 0.1) is 0 Å². The Kier molecular flexibility index (Phi) is 8.09. The normalized spacial score (nSPS) is 14.7. The van der Waals surface area contributed by atoms with E-state index in [-0.39, 0.29) is 0 Å². The van der Waals surface area contributed by atoms with Gasteiger partial charge >= 0.3 is 0 Å². The van der Waals surface area contributed by atoms with Crippen LogP contribution in [-0.2, 0) is 0 Å². The van der Waals surface area contributed by atoms with E-state index < -0.39 is 0 Å². The fourth-order valence-electron chi connectivity index (χ4n) is 8.66. The van der Waals surface area contributed by atoms with Crippen molar-refractivity contribution in [3.05, 3.63) is 159 Å². The van der Waals surface area contributed by atoms with E-state index in [1.807, 2.05) is 91.1 Å². The predicted molar refractivity (Wildman–Crippen MR) is 266 cm³/mol. The summed E-state index contributed by atoms with van der Waals surface area (Å²) < 4.78 is 0. The molecule has 0 nitrogen and oxygen atoms in total. The summed E-state index contributed by atoms with van der Waals surface area (Å²) in [5.74, 6) is 0. The third-order valence-electron chi connectivity index (χ3n) is 11.5. The van der Waals surface area contributed by atoms with Gasteiger partial charge in [0.1, 0.15) is 0 Å². The topological polar surface area (TPSA) is 0 Å². The highest BCUT2D eigenvalue weighted by Crippen LogP contribution is 2.55. The lowest BCUT2D eigenvalue weighted by Crippen LogP contribution is -1.94. The van der Waals surface area contributed by atoms with Crippen LogP contribution in [0, 0.1) is 0 Å². The molecule has 12 aromatic rings. The van der Waals surface area contributed by atoms with E-state index in [2.05, 4.69) is 149 Å². The number of allylic oxidation sites excluding steroid dienone is 1. The average molecular weight is 885 g/mol. The Hall–Kier alpha value is -4.35. The van der Waals surface area contributed by atoms with Gasteiger partial charge in [0.2, 0.25) is 0 Å². The van der Waals surface area contributed by atoms with Crippen molar-refractivity contribution in [1.29, 1.82) is 0 Å². The van der Waals surface area contributed by atoms with Crippen LogP contribution in [0.3, 0.4) is 0 Å². The highest BCUT2D eigenvalue weighted by Gasteiger charge is 2.27. The molecule has 8 heterocycles. The number of rotatable bonds is 8. The number of hydrogen-bond donors (Lipinski definition) is 0. The predicted octanol–water partition coefficient (Wildman–Crippen LogP) is 18.8. The van der Waals surface area contributed by atoms with Crippen molar-refractivity contribution in [1.82, 2.24) is 0 Å². The molecule has 1 atom stereocenters. The Morgan fingerprint density at radius 2 is 0.724 bits per heavy atom. The molecule has 7 aromatic heterocycles. The van der Waals surface area contributed by atoms with Gasteiger partial charge in [-0.05, 0) is 174 Å². The largest absolute Gasteiger partial charge is 0.148 e. The van der Waals surface area contributed by atoms with Crippen LogP contribution < -0.4 is 0 Å². The van der Waals surface area contributed by atoms with Gasteiger partial charge in [-0.25, -0.2) is 0 Å². The summed E-state index contributed by atoms with van der Waals surface area (Å²) in [5, 5.41) is 20.3. The quantitative estimate of drug-likeness (QED) is 0.147. The molecule has 58 heavy (non-hydrogen) atoms. The lowest BCUT2D eigenvalue weighted by molar-refractivity contribution is 1.02. The van der Waals surface area contributed by atoms with E-state index >= 15 is 0 Å². The molecule has 0 fully saturated rings. The second-order valence-corrected chi connectivity index (χ2v) is 23.0. The summed E-state index contributed by atoms with van der Waals surface area (Å²) in [4.78, 5) is 14.9.